The normalized spacial score (nSPS) is 10.5. The molecule has 2 aromatic carbocycles. The minimum Gasteiger partial charge on any atom is -0.325 e. The van der Waals surface area contributed by atoms with Gasteiger partial charge in [-0.2, -0.15) is 0 Å². The molecule has 0 unspecified atom stereocenters. The summed E-state index contributed by atoms with van der Waals surface area (Å²) in [6, 6.07) is 14.0. The minimum absolute atomic E-state index is 0.0329. The molecule has 0 aliphatic heterocycles. The maximum absolute atomic E-state index is 12.0. The second-order valence-corrected chi connectivity index (χ2v) is 5.81. The Morgan fingerprint density at radius 2 is 1.86 bits per heavy atom. The van der Waals surface area contributed by atoms with Gasteiger partial charge in [0.25, 0.3) is 0 Å². The highest BCUT2D eigenvalue weighted by Crippen LogP contribution is 2.27. The Morgan fingerprint density at radius 1 is 1.14 bits per heavy atom. The summed E-state index contributed by atoms with van der Waals surface area (Å²) < 4.78 is 0. The molecule has 1 amide bonds. The van der Waals surface area contributed by atoms with Crippen molar-refractivity contribution in [2.75, 3.05) is 11.9 Å². The molecular formula is C18H21ClN2O. The highest BCUT2D eigenvalue weighted by molar-refractivity contribution is 6.34. The van der Waals surface area contributed by atoms with Crippen molar-refractivity contribution < 1.29 is 4.79 Å². The number of amides is 1. The van der Waals surface area contributed by atoms with Gasteiger partial charge in [-0.05, 0) is 36.6 Å². The van der Waals surface area contributed by atoms with E-state index in [1.165, 1.54) is 5.56 Å². The predicted octanol–water partition coefficient (Wildman–Crippen LogP) is 4.08. The van der Waals surface area contributed by atoms with Gasteiger partial charge in [0.2, 0.25) is 5.91 Å². The van der Waals surface area contributed by atoms with E-state index in [9.17, 15) is 4.79 Å². The summed E-state index contributed by atoms with van der Waals surface area (Å²) in [5.74, 6) is -0.0329. The van der Waals surface area contributed by atoms with Crippen LogP contribution in [0.3, 0.4) is 0 Å². The van der Waals surface area contributed by atoms with Crippen molar-refractivity contribution in [3.63, 3.8) is 0 Å². The quantitative estimate of drug-likeness (QED) is 0.789. The Morgan fingerprint density at radius 3 is 2.55 bits per heavy atom. The standard InChI is InChI=1S/C18H21ClN2O/c1-13-10-14(2)18(16(19)11-13)21-17(22)8-9-20-12-15-6-4-3-5-7-15/h3-7,10-11,20H,8-9,12H2,1-2H3,(H,21,22). The van der Waals surface area contributed by atoms with Crippen LogP contribution < -0.4 is 10.6 Å². The summed E-state index contributed by atoms with van der Waals surface area (Å²) in [7, 11) is 0. The molecule has 116 valence electrons. The molecule has 0 heterocycles. The highest BCUT2D eigenvalue weighted by atomic mass is 35.5. The van der Waals surface area contributed by atoms with Crippen LogP contribution in [-0.2, 0) is 11.3 Å². The summed E-state index contributed by atoms with van der Waals surface area (Å²) in [6.45, 7) is 5.32. The molecule has 0 saturated heterocycles. The molecule has 0 aliphatic carbocycles. The van der Waals surface area contributed by atoms with Gasteiger partial charge in [-0.15, -0.1) is 0 Å². The van der Waals surface area contributed by atoms with Crippen molar-refractivity contribution in [3.8, 4) is 0 Å². The second kappa shape index (κ2) is 7.97. The summed E-state index contributed by atoms with van der Waals surface area (Å²) >= 11 is 6.19. The number of hydrogen-bond acceptors (Lipinski definition) is 2. The van der Waals surface area contributed by atoms with Crippen LogP contribution in [0.25, 0.3) is 0 Å². The van der Waals surface area contributed by atoms with Gasteiger partial charge >= 0.3 is 0 Å². The van der Waals surface area contributed by atoms with E-state index in [1.54, 1.807) is 0 Å². The lowest BCUT2D eigenvalue weighted by atomic mass is 10.1. The average Bonchev–Trinajstić information content (AvgIpc) is 2.48. The number of halogens is 1. The third kappa shape index (κ3) is 4.86. The molecule has 4 heteroatoms. The maximum atomic E-state index is 12.0. The first-order valence-corrected chi connectivity index (χ1v) is 7.75. The third-order valence-electron chi connectivity index (χ3n) is 3.40. The van der Waals surface area contributed by atoms with Crippen LogP contribution in [-0.4, -0.2) is 12.5 Å². The molecule has 0 aliphatic rings. The lowest BCUT2D eigenvalue weighted by molar-refractivity contribution is -0.116. The highest BCUT2D eigenvalue weighted by Gasteiger charge is 2.09. The molecule has 0 radical (unpaired) electrons. The fourth-order valence-corrected chi connectivity index (χ4v) is 2.67. The predicted molar refractivity (Wildman–Crippen MR) is 92.3 cm³/mol. The van der Waals surface area contributed by atoms with Crippen LogP contribution >= 0.6 is 11.6 Å². The SMILES string of the molecule is Cc1cc(C)c(NC(=O)CCNCc2ccccc2)c(Cl)c1. The molecule has 2 rings (SSSR count). The molecule has 2 aromatic rings. The number of carbonyl (C=O) groups excluding carboxylic acids is 1. The van der Waals surface area contributed by atoms with Gasteiger partial charge < -0.3 is 10.6 Å². The molecule has 0 aromatic heterocycles. The first-order chi connectivity index (χ1) is 10.6. The molecule has 0 saturated carbocycles. The van der Waals surface area contributed by atoms with Crippen molar-refractivity contribution in [2.24, 2.45) is 0 Å². The van der Waals surface area contributed by atoms with E-state index in [2.05, 4.69) is 22.8 Å². The number of hydrogen-bond donors (Lipinski definition) is 2. The maximum Gasteiger partial charge on any atom is 0.225 e. The second-order valence-electron chi connectivity index (χ2n) is 5.40. The van der Waals surface area contributed by atoms with Gasteiger partial charge in [0.15, 0.2) is 0 Å². The summed E-state index contributed by atoms with van der Waals surface area (Å²) in [5.41, 5.74) is 3.99. The zero-order valence-corrected chi connectivity index (χ0v) is 13.7. The van der Waals surface area contributed by atoms with Gasteiger partial charge in [-0.1, -0.05) is 48.0 Å². The number of aryl methyl sites for hydroxylation is 2. The molecule has 0 atom stereocenters. The van der Waals surface area contributed by atoms with E-state index in [0.29, 0.717) is 23.7 Å². The lowest BCUT2D eigenvalue weighted by Gasteiger charge is -2.12. The van der Waals surface area contributed by atoms with Crippen LogP contribution in [0.5, 0.6) is 0 Å². The van der Waals surface area contributed by atoms with Crippen molar-refractivity contribution in [2.45, 2.75) is 26.8 Å². The topological polar surface area (TPSA) is 41.1 Å². The van der Waals surface area contributed by atoms with Crippen LogP contribution in [0.2, 0.25) is 5.02 Å². The molecule has 3 nitrogen and oxygen atoms in total. The van der Waals surface area contributed by atoms with E-state index in [4.69, 9.17) is 11.6 Å². The molecule has 0 spiro atoms. The van der Waals surface area contributed by atoms with E-state index < -0.39 is 0 Å². The van der Waals surface area contributed by atoms with Gasteiger partial charge in [0, 0.05) is 19.5 Å². The van der Waals surface area contributed by atoms with E-state index >= 15 is 0 Å². The smallest absolute Gasteiger partial charge is 0.225 e. The largest absolute Gasteiger partial charge is 0.325 e. The minimum atomic E-state index is -0.0329. The first kappa shape index (κ1) is 16.5. The van der Waals surface area contributed by atoms with Crippen molar-refractivity contribution in [3.05, 3.63) is 64.2 Å². The molecular weight excluding hydrogens is 296 g/mol. The molecule has 0 bridgehead atoms. The van der Waals surface area contributed by atoms with Gasteiger partial charge in [0.1, 0.15) is 0 Å². The van der Waals surface area contributed by atoms with E-state index in [-0.39, 0.29) is 5.91 Å². The first-order valence-electron chi connectivity index (χ1n) is 7.37. The Kier molecular flexibility index (Phi) is 5.99. The Bertz CT molecular complexity index is 618. The summed E-state index contributed by atoms with van der Waals surface area (Å²) in [4.78, 5) is 12.0. The van der Waals surface area contributed by atoms with E-state index in [1.807, 2.05) is 44.2 Å². The zero-order chi connectivity index (χ0) is 15.9. The Labute approximate surface area is 136 Å². The average molecular weight is 317 g/mol. The summed E-state index contributed by atoms with van der Waals surface area (Å²) in [6.07, 6.45) is 0.413. The molecule has 2 N–H and O–H groups in total. The monoisotopic (exact) mass is 316 g/mol. The van der Waals surface area contributed by atoms with E-state index in [0.717, 1.165) is 17.7 Å². The Hall–Kier alpha value is -1.84. The van der Waals surface area contributed by atoms with Gasteiger partial charge in [-0.25, -0.2) is 0 Å². The fourth-order valence-electron chi connectivity index (χ4n) is 2.31. The lowest BCUT2D eigenvalue weighted by Crippen LogP contribution is -2.22. The zero-order valence-electron chi connectivity index (χ0n) is 12.9. The van der Waals surface area contributed by atoms with Crippen molar-refractivity contribution in [1.29, 1.82) is 0 Å². The van der Waals surface area contributed by atoms with Gasteiger partial charge in [0.05, 0.1) is 10.7 Å². The number of rotatable bonds is 6. The Balaban J connectivity index is 1.79. The summed E-state index contributed by atoms with van der Waals surface area (Å²) in [5, 5.41) is 6.74. The van der Waals surface area contributed by atoms with Crippen molar-refractivity contribution in [1.82, 2.24) is 5.32 Å². The fraction of sp³-hybridized carbons (Fsp3) is 0.278. The third-order valence-corrected chi connectivity index (χ3v) is 3.70. The van der Waals surface area contributed by atoms with Crippen LogP contribution in [0.1, 0.15) is 23.1 Å². The van der Waals surface area contributed by atoms with Crippen LogP contribution in [0, 0.1) is 13.8 Å². The van der Waals surface area contributed by atoms with Crippen LogP contribution in [0.15, 0.2) is 42.5 Å². The number of carbonyl (C=O) groups is 1. The van der Waals surface area contributed by atoms with Crippen molar-refractivity contribution >= 4 is 23.2 Å². The van der Waals surface area contributed by atoms with Crippen LogP contribution in [0.4, 0.5) is 5.69 Å². The molecule has 0 fully saturated rings. The molecule has 22 heavy (non-hydrogen) atoms. The van der Waals surface area contributed by atoms with Gasteiger partial charge in [-0.3, -0.25) is 4.79 Å². The number of nitrogens with one attached hydrogen (secondary N) is 2. The number of anilines is 1. The number of benzene rings is 2.